The van der Waals surface area contributed by atoms with Gasteiger partial charge in [0.1, 0.15) is 5.75 Å². The SMILES string of the molecule is CCCC1CCC(C(=O)O)C(c2cccc3c2OCC3)C1. The fourth-order valence-corrected chi connectivity index (χ4v) is 4.10. The molecule has 3 atom stereocenters. The van der Waals surface area contributed by atoms with Crippen LogP contribution in [0.1, 0.15) is 56.1 Å². The van der Waals surface area contributed by atoms with E-state index in [0.717, 1.165) is 43.6 Å². The van der Waals surface area contributed by atoms with Crippen molar-refractivity contribution in [1.29, 1.82) is 0 Å². The Morgan fingerprint density at radius 1 is 1.38 bits per heavy atom. The molecule has 114 valence electrons. The molecule has 1 aromatic rings. The third-order valence-electron chi connectivity index (χ3n) is 5.12. The number of carboxylic acids is 1. The van der Waals surface area contributed by atoms with Gasteiger partial charge in [-0.3, -0.25) is 4.79 Å². The number of rotatable bonds is 4. The van der Waals surface area contributed by atoms with Gasteiger partial charge in [-0.1, -0.05) is 38.0 Å². The van der Waals surface area contributed by atoms with Gasteiger partial charge in [0, 0.05) is 12.3 Å². The van der Waals surface area contributed by atoms with E-state index in [-0.39, 0.29) is 11.8 Å². The third-order valence-corrected chi connectivity index (χ3v) is 5.12. The number of hydrogen-bond acceptors (Lipinski definition) is 2. The molecule has 1 fully saturated rings. The highest BCUT2D eigenvalue weighted by atomic mass is 16.5. The molecule has 0 radical (unpaired) electrons. The van der Waals surface area contributed by atoms with Gasteiger partial charge in [0.25, 0.3) is 0 Å². The lowest BCUT2D eigenvalue weighted by atomic mass is 9.69. The lowest BCUT2D eigenvalue weighted by molar-refractivity contribution is -0.143. The van der Waals surface area contributed by atoms with Crippen LogP contribution in [0.2, 0.25) is 0 Å². The molecule has 1 aliphatic carbocycles. The zero-order valence-corrected chi connectivity index (χ0v) is 12.7. The van der Waals surface area contributed by atoms with Gasteiger partial charge in [-0.2, -0.15) is 0 Å². The first-order chi connectivity index (χ1) is 10.2. The van der Waals surface area contributed by atoms with Crippen molar-refractivity contribution in [2.24, 2.45) is 11.8 Å². The summed E-state index contributed by atoms with van der Waals surface area (Å²) in [5, 5.41) is 9.59. The second-order valence-electron chi connectivity index (χ2n) is 6.45. The molecule has 0 saturated heterocycles. The maximum absolute atomic E-state index is 11.7. The Bertz CT molecular complexity index is 523. The molecule has 1 aliphatic heterocycles. The van der Waals surface area contributed by atoms with Gasteiger partial charge in [0.2, 0.25) is 0 Å². The molecular formula is C18H24O3. The number of ether oxygens (including phenoxy) is 1. The first-order valence-corrected chi connectivity index (χ1v) is 8.18. The zero-order valence-electron chi connectivity index (χ0n) is 12.7. The minimum atomic E-state index is -0.648. The van der Waals surface area contributed by atoms with E-state index >= 15 is 0 Å². The van der Waals surface area contributed by atoms with Crippen molar-refractivity contribution in [1.82, 2.24) is 0 Å². The Morgan fingerprint density at radius 2 is 2.24 bits per heavy atom. The first kappa shape index (κ1) is 14.4. The number of para-hydroxylation sites is 1. The normalized spacial score (nSPS) is 28.0. The molecule has 3 rings (SSSR count). The van der Waals surface area contributed by atoms with Crippen molar-refractivity contribution in [2.45, 2.75) is 51.4 Å². The van der Waals surface area contributed by atoms with Crippen molar-refractivity contribution >= 4 is 5.97 Å². The summed E-state index contributed by atoms with van der Waals surface area (Å²) in [6.45, 7) is 2.94. The summed E-state index contributed by atoms with van der Waals surface area (Å²) in [5.41, 5.74) is 2.38. The van der Waals surface area contributed by atoms with E-state index in [0.29, 0.717) is 5.92 Å². The number of fused-ring (bicyclic) bond motifs is 1. The summed E-state index contributed by atoms with van der Waals surface area (Å²) in [7, 11) is 0. The highest BCUT2D eigenvalue weighted by Crippen LogP contribution is 2.46. The lowest BCUT2D eigenvalue weighted by Gasteiger charge is -2.35. The fraction of sp³-hybridized carbons (Fsp3) is 0.611. The zero-order chi connectivity index (χ0) is 14.8. The van der Waals surface area contributed by atoms with E-state index in [2.05, 4.69) is 25.1 Å². The summed E-state index contributed by atoms with van der Waals surface area (Å²) in [6, 6.07) is 6.25. The van der Waals surface area contributed by atoms with Crippen LogP contribution in [0.4, 0.5) is 0 Å². The average molecular weight is 288 g/mol. The van der Waals surface area contributed by atoms with E-state index < -0.39 is 5.97 Å². The fourth-order valence-electron chi connectivity index (χ4n) is 4.10. The summed E-state index contributed by atoms with van der Waals surface area (Å²) in [6.07, 6.45) is 6.18. The average Bonchev–Trinajstić information content (AvgIpc) is 2.95. The van der Waals surface area contributed by atoms with Crippen LogP contribution >= 0.6 is 0 Å². The maximum Gasteiger partial charge on any atom is 0.307 e. The molecule has 3 heteroatoms. The number of hydrogen-bond donors (Lipinski definition) is 1. The van der Waals surface area contributed by atoms with Crippen LogP contribution in [0.5, 0.6) is 5.75 Å². The van der Waals surface area contributed by atoms with Gasteiger partial charge in [0.15, 0.2) is 0 Å². The molecule has 1 saturated carbocycles. The van der Waals surface area contributed by atoms with Gasteiger partial charge in [-0.25, -0.2) is 0 Å². The summed E-state index contributed by atoms with van der Waals surface area (Å²) >= 11 is 0. The summed E-state index contributed by atoms with van der Waals surface area (Å²) in [4.78, 5) is 11.7. The van der Waals surface area contributed by atoms with Crippen LogP contribution < -0.4 is 4.74 Å². The lowest BCUT2D eigenvalue weighted by Crippen LogP contribution is -2.29. The number of carboxylic acid groups (broad SMARTS) is 1. The Balaban J connectivity index is 1.92. The molecule has 1 aromatic carbocycles. The van der Waals surface area contributed by atoms with Gasteiger partial charge in [-0.15, -0.1) is 0 Å². The quantitative estimate of drug-likeness (QED) is 0.910. The van der Waals surface area contributed by atoms with Crippen LogP contribution in [0.3, 0.4) is 0 Å². The molecule has 0 bridgehead atoms. The van der Waals surface area contributed by atoms with Crippen LogP contribution in [0.15, 0.2) is 18.2 Å². The molecule has 1 N–H and O–H groups in total. The topological polar surface area (TPSA) is 46.5 Å². The smallest absolute Gasteiger partial charge is 0.307 e. The van der Waals surface area contributed by atoms with Crippen molar-refractivity contribution in [3.05, 3.63) is 29.3 Å². The molecule has 1 heterocycles. The maximum atomic E-state index is 11.7. The highest BCUT2D eigenvalue weighted by molar-refractivity contribution is 5.72. The van der Waals surface area contributed by atoms with Crippen molar-refractivity contribution in [3.8, 4) is 5.75 Å². The van der Waals surface area contributed by atoms with Gasteiger partial charge in [0.05, 0.1) is 12.5 Å². The predicted molar refractivity (Wildman–Crippen MR) is 81.8 cm³/mol. The molecular weight excluding hydrogens is 264 g/mol. The van der Waals surface area contributed by atoms with Crippen molar-refractivity contribution in [2.75, 3.05) is 6.61 Å². The van der Waals surface area contributed by atoms with E-state index in [1.54, 1.807) is 0 Å². The number of benzene rings is 1. The van der Waals surface area contributed by atoms with E-state index in [4.69, 9.17) is 4.74 Å². The second kappa shape index (κ2) is 6.08. The largest absolute Gasteiger partial charge is 0.493 e. The minimum absolute atomic E-state index is 0.112. The number of carbonyl (C=O) groups is 1. The van der Waals surface area contributed by atoms with E-state index in [1.807, 2.05) is 0 Å². The minimum Gasteiger partial charge on any atom is -0.493 e. The molecule has 2 aliphatic rings. The second-order valence-corrected chi connectivity index (χ2v) is 6.45. The van der Waals surface area contributed by atoms with Crippen molar-refractivity contribution in [3.63, 3.8) is 0 Å². The molecule has 0 spiro atoms. The summed E-state index contributed by atoms with van der Waals surface area (Å²) < 4.78 is 5.81. The molecule has 3 unspecified atom stereocenters. The molecule has 0 amide bonds. The van der Waals surface area contributed by atoms with E-state index in [9.17, 15) is 9.90 Å². The Morgan fingerprint density at radius 3 is 3.00 bits per heavy atom. The predicted octanol–water partition coefficient (Wildman–Crippen LogP) is 4.01. The van der Waals surface area contributed by atoms with Crippen LogP contribution in [0, 0.1) is 11.8 Å². The Labute approximate surface area is 126 Å². The van der Waals surface area contributed by atoms with Crippen LogP contribution in [0.25, 0.3) is 0 Å². The standard InChI is InChI=1S/C18H24O3/c1-2-4-12-7-8-15(18(19)20)16(11-12)14-6-3-5-13-9-10-21-17(13)14/h3,5-6,12,15-16H,2,4,7-11H2,1H3,(H,19,20). The molecule has 21 heavy (non-hydrogen) atoms. The highest BCUT2D eigenvalue weighted by Gasteiger charge is 2.37. The van der Waals surface area contributed by atoms with Crippen LogP contribution in [-0.2, 0) is 11.2 Å². The number of aliphatic carboxylic acids is 1. The van der Waals surface area contributed by atoms with Gasteiger partial charge < -0.3 is 9.84 Å². The summed E-state index contributed by atoms with van der Waals surface area (Å²) in [5.74, 6) is 0.846. The van der Waals surface area contributed by atoms with Crippen LogP contribution in [-0.4, -0.2) is 17.7 Å². The van der Waals surface area contributed by atoms with E-state index in [1.165, 1.54) is 18.4 Å². The third kappa shape index (κ3) is 2.78. The van der Waals surface area contributed by atoms with Crippen molar-refractivity contribution < 1.29 is 14.6 Å². The van der Waals surface area contributed by atoms with Gasteiger partial charge >= 0.3 is 5.97 Å². The molecule has 0 aromatic heterocycles. The Hall–Kier alpha value is -1.51. The monoisotopic (exact) mass is 288 g/mol. The Kier molecular flexibility index (Phi) is 4.18. The van der Waals surface area contributed by atoms with Gasteiger partial charge in [-0.05, 0) is 36.3 Å². The molecule has 3 nitrogen and oxygen atoms in total. The first-order valence-electron chi connectivity index (χ1n) is 8.18.